The standard InChI is InChI=1S/C25H19N2OP/c1-29(2,28)17-12-13-20-19-9-5-6-10-21(19)25-26-24-18-8-4-3-7-16(18)11-14-22(24)27(25)23(20)15-17/h3-15H,1-2H3. The number of aromatic nitrogens is 2. The summed E-state index contributed by atoms with van der Waals surface area (Å²) in [5.74, 6) is 0. The van der Waals surface area contributed by atoms with Crippen molar-refractivity contribution in [3.63, 3.8) is 0 Å². The first-order chi connectivity index (χ1) is 14.0. The third-order valence-corrected chi connectivity index (χ3v) is 7.37. The molecule has 0 atom stereocenters. The summed E-state index contributed by atoms with van der Waals surface area (Å²) in [5, 5.41) is 6.68. The van der Waals surface area contributed by atoms with Gasteiger partial charge in [-0.1, -0.05) is 66.7 Å². The smallest absolute Gasteiger partial charge is 0.146 e. The first-order valence-corrected chi connectivity index (χ1v) is 12.3. The molecule has 0 aliphatic carbocycles. The molecule has 6 rings (SSSR count). The van der Waals surface area contributed by atoms with E-state index < -0.39 is 7.14 Å². The Hall–Kier alpha value is -3.16. The van der Waals surface area contributed by atoms with E-state index in [1.807, 2.05) is 19.4 Å². The van der Waals surface area contributed by atoms with Crippen LogP contribution in [-0.2, 0) is 4.57 Å². The van der Waals surface area contributed by atoms with Gasteiger partial charge in [0.15, 0.2) is 0 Å². The number of hydrogen-bond donors (Lipinski definition) is 0. The lowest BCUT2D eigenvalue weighted by Gasteiger charge is -2.12. The summed E-state index contributed by atoms with van der Waals surface area (Å²) >= 11 is 0. The van der Waals surface area contributed by atoms with Gasteiger partial charge in [0, 0.05) is 21.5 Å². The van der Waals surface area contributed by atoms with E-state index >= 15 is 0 Å². The maximum Gasteiger partial charge on any atom is 0.146 e. The molecule has 3 nitrogen and oxygen atoms in total. The maximum atomic E-state index is 12.8. The topological polar surface area (TPSA) is 34.4 Å². The lowest BCUT2D eigenvalue weighted by molar-refractivity contribution is 0.588. The Morgan fingerprint density at radius 3 is 2.24 bits per heavy atom. The number of hydrogen-bond acceptors (Lipinski definition) is 2. The van der Waals surface area contributed by atoms with Gasteiger partial charge < -0.3 is 4.57 Å². The van der Waals surface area contributed by atoms with E-state index in [0.717, 1.165) is 43.7 Å². The minimum Gasteiger partial charge on any atom is -0.319 e. The van der Waals surface area contributed by atoms with E-state index in [1.54, 1.807) is 0 Å². The Balaban J connectivity index is 1.94. The zero-order valence-electron chi connectivity index (χ0n) is 16.3. The summed E-state index contributed by atoms with van der Waals surface area (Å²) in [6.45, 7) is 3.65. The predicted octanol–water partition coefficient (Wildman–Crippen LogP) is 6.20. The summed E-state index contributed by atoms with van der Waals surface area (Å²) in [5.41, 5.74) is 4.08. The van der Waals surface area contributed by atoms with Gasteiger partial charge in [-0.15, -0.1) is 0 Å². The Morgan fingerprint density at radius 1 is 0.724 bits per heavy atom. The monoisotopic (exact) mass is 394 g/mol. The van der Waals surface area contributed by atoms with Crippen LogP contribution in [0.5, 0.6) is 0 Å². The first-order valence-electron chi connectivity index (χ1n) is 9.72. The zero-order chi connectivity index (χ0) is 19.8. The number of imidazole rings is 1. The molecule has 29 heavy (non-hydrogen) atoms. The Kier molecular flexibility index (Phi) is 3.29. The highest BCUT2D eigenvalue weighted by atomic mass is 31.2. The Bertz CT molecular complexity index is 1660. The third kappa shape index (κ3) is 2.31. The second kappa shape index (κ2) is 5.68. The molecule has 4 aromatic carbocycles. The molecule has 0 amide bonds. The summed E-state index contributed by atoms with van der Waals surface area (Å²) in [6.07, 6.45) is 0. The van der Waals surface area contributed by atoms with Crippen molar-refractivity contribution in [2.24, 2.45) is 0 Å². The SMILES string of the molecule is CP(C)(=O)c1ccc2c3ccccc3c3nc4c5ccccc5ccc4n3c2c1. The molecule has 0 N–H and O–H groups in total. The molecule has 0 aliphatic heterocycles. The molecular formula is C25H19N2OP. The first kappa shape index (κ1) is 16.8. The van der Waals surface area contributed by atoms with Crippen molar-refractivity contribution in [1.82, 2.24) is 9.38 Å². The highest BCUT2D eigenvalue weighted by Crippen LogP contribution is 2.38. The van der Waals surface area contributed by atoms with E-state index in [1.165, 1.54) is 10.8 Å². The van der Waals surface area contributed by atoms with Crippen molar-refractivity contribution >= 4 is 61.6 Å². The van der Waals surface area contributed by atoms with Crippen molar-refractivity contribution in [2.45, 2.75) is 0 Å². The highest BCUT2D eigenvalue weighted by Gasteiger charge is 2.18. The van der Waals surface area contributed by atoms with Gasteiger partial charge in [-0.25, -0.2) is 4.98 Å². The van der Waals surface area contributed by atoms with Crippen LogP contribution in [0.25, 0.3) is 49.1 Å². The Morgan fingerprint density at radius 2 is 1.45 bits per heavy atom. The third-order valence-electron chi connectivity index (χ3n) is 5.85. The van der Waals surface area contributed by atoms with E-state index in [4.69, 9.17) is 4.98 Å². The molecule has 2 aromatic heterocycles. The molecule has 4 heteroatoms. The molecule has 0 saturated carbocycles. The molecule has 0 bridgehead atoms. The van der Waals surface area contributed by atoms with E-state index in [2.05, 4.69) is 77.2 Å². The van der Waals surface area contributed by atoms with Gasteiger partial charge >= 0.3 is 0 Å². The van der Waals surface area contributed by atoms with Gasteiger partial charge in [0.2, 0.25) is 0 Å². The zero-order valence-corrected chi connectivity index (χ0v) is 17.1. The van der Waals surface area contributed by atoms with Crippen LogP contribution in [0.15, 0.2) is 78.9 Å². The van der Waals surface area contributed by atoms with Gasteiger partial charge in [0.05, 0.1) is 16.6 Å². The molecule has 6 aromatic rings. The molecule has 0 unspecified atom stereocenters. The lowest BCUT2D eigenvalue weighted by Crippen LogP contribution is -2.04. The van der Waals surface area contributed by atoms with Crippen LogP contribution in [0, 0.1) is 0 Å². The average Bonchev–Trinajstić information content (AvgIpc) is 3.13. The van der Waals surface area contributed by atoms with Crippen LogP contribution in [0.1, 0.15) is 0 Å². The fourth-order valence-corrected chi connectivity index (χ4v) is 5.28. The van der Waals surface area contributed by atoms with E-state index in [9.17, 15) is 4.57 Å². The number of rotatable bonds is 1. The maximum absolute atomic E-state index is 12.8. The molecule has 140 valence electrons. The van der Waals surface area contributed by atoms with Gasteiger partial charge in [-0.3, -0.25) is 4.40 Å². The number of fused-ring (bicyclic) bond motifs is 10. The molecule has 0 aliphatic rings. The summed E-state index contributed by atoms with van der Waals surface area (Å²) < 4.78 is 15.0. The summed E-state index contributed by atoms with van der Waals surface area (Å²) in [4.78, 5) is 5.11. The van der Waals surface area contributed by atoms with Gasteiger partial charge in [0.1, 0.15) is 12.8 Å². The average molecular weight is 394 g/mol. The lowest BCUT2D eigenvalue weighted by atomic mass is 10.1. The van der Waals surface area contributed by atoms with Crippen molar-refractivity contribution in [3.05, 3.63) is 78.9 Å². The number of benzene rings is 4. The van der Waals surface area contributed by atoms with Gasteiger partial charge in [-0.2, -0.15) is 0 Å². The van der Waals surface area contributed by atoms with Crippen molar-refractivity contribution < 1.29 is 4.57 Å². The van der Waals surface area contributed by atoms with E-state index in [0.29, 0.717) is 0 Å². The highest BCUT2D eigenvalue weighted by molar-refractivity contribution is 7.70. The van der Waals surface area contributed by atoms with Crippen LogP contribution in [0.2, 0.25) is 0 Å². The minimum atomic E-state index is -2.38. The van der Waals surface area contributed by atoms with Gasteiger partial charge in [-0.05, 0) is 36.2 Å². The van der Waals surface area contributed by atoms with Crippen molar-refractivity contribution in [1.29, 1.82) is 0 Å². The predicted molar refractivity (Wildman–Crippen MR) is 124 cm³/mol. The Labute approximate surface area is 168 Å². The van der Waals surface area contributed by atoms with Crippen LogP contribution < -0.4 is 5.30 Å². The second-order valence-electron chi connectivity index (χ2n) is 8.02. The quantitative estimate of drug-likeness (QED) is 0.246. The normalized spacial score (nSPS) is 12.6. The molecule has 0 radical (unpaired) electrons. The molecule has 2 heterocycles. The minimum absolute atomic E-state index is 0.893. The van der Waals surface area contributed by atoms with Crippen LogP contribution in [0.4, 0.5) is 0 Å². The second-order valence-corrected chi connectivity index (χ2v) is 11.2. The van der Waals surface area contributed by atoms with Crippen molar-refractivity contribution in [3.8, 4) is 0 Å². The van der Waals surface area contributed by atoms with Gasteiger partial charge in [0.25, 0.3) is 0 Å². The molecule has 0 spiro atoms. The summed E-state index contributed by atoms with van der Waals surface area (Å²) in [7, 11) is -2.38. The van der Waals surface area contributed by atoms with Crippen LogP contribution in [0.3, 0.4) is 0 Å². The fourth-order valence-electron chi connectivity index (χ4n) is 4.42. The van der Waals surface area contributed by atoms with Crippen LogP contribution >= 0.6 is 7.14 Å². The number of pyridine rings is 1. The van der Waals surface area contributed by atoms with Crippen molar-refractivity contribution in [2.75, 3.05) is 13.3 Å². The molecular weight excluding hydrogens is 375 g/mol. The number of nitrogens with zero attached hydrogens (tertiary/aromatic N) is 2. The van der Waals surface area contributed by atoms with E-state index in [-0.39, 0.29) is 0 Å². The fraction of sp³-hybridized carbons (Fsp3) is 0.0800. The summed E-state index contributed by atoms with van der Waals surface area (Å²) in [6, 6.07) is 27.3. The van der Waals surface area contributed by atoms with Crippen LogP contribution in [-0.4, -0.2) is 22.7 Å². The largest absolute Gasteiger partial charge is 0.319 e. The molecule has 0 saturated heterocycles. The molecule has 0 fully saturated rings.